The van der Waals surface area contributed by atoms with E-state index in [4.69, 9.17) is 5.73 Å². The Morgan fingerprint density at radius 3 is 2.73 bits per heavy atom. The van der Waals surface area contributed by atoms with Gasteiger partial charge in [0.05, 0.1) is 0 Å². The summed E-state index contributed by atoms with van der Waals surface area (Å²) >= 11 is 4.98. The lowest BCUT2D eigenvalue weighted by Gasteiger charge is -2.17. The van der Waals surface area contributed by atoms with Gasteiger partial charge in [0.2, 0.25) is 0 Å². The molecule has 2 N–H and O–H groups in total. The molecule has 0 fully saturated rings. The van der Waals surface area contributed by atoms with Crippen molar-refractivity contribution in [3.05, 3.63) is 34.1 Å². The summed E-state index contributed by atoms with van der Waals surface area (Å²) in [6.45, 7) is 3.94. The molecule has 0 heterocycles. The highest BCUT2D eigenvalue weighted by atomic mass is 79.9. The van der Waals surface area contributed by atoms with Gasteiger partial charge in [0.1, 0.15) is 5.82 Å². The van der Waals surface area contributed by atoms with Gasteiger partial charge in [-0.1, -0.05) is 15.9 Å². The van der Waals surface area contributed by atoms with E-state index in [0.29, 0.717) is 5.75 Å². The van der Waals surface area contributed by atoms with E-state index in [1.165, 1.54) is 6.07 Å². The topological polar surface area (TPSA) is 26.0 Å². The van der Waals surface area contributed by atoms with Crippen LogP contribution in [0.15, 0.2) is 22.7 Å². The fourth-order valence-corrected chi connectivity index (χ4v) is 2.56. The lowest BCUT2D eigenvalue weighted by molar-refractivity contribution is 0.590. The summed E-state index contributed by atoms with van der Waals surface area (Å²) in [5, 5.41) is 0. The van der Waals surface area contributed by atoms with E-state index < -0.39 is 0 Å². The van der Waals surface area contributed by atoms with Gasteiger partial charge < -0.3 is 5.73 Å². The summed E-state index contributed by atoms with van der Waals surface area (Å²) in [7, 11) is 0. The number of halogens is 2. The van der Waals surface area contributed by atoms with Crippen LogP contribution in [0.2, 0.25) is 0 Å². The molecular weight excluding hydrogens is 277 g/mol. The Hall–Kier alpha value is -0.0600. The van der Waals surface area contributed by atoms with E-state index in [0.717, 1.165) is 15.8 Å². The highest BCUT2D eigenvalue weighted by molar-refractivity contribution is 9.10. The van der Waals surface area contributed by atoms with Crippen molar-refractivity contribution >= 4 is 27.7 Å². The standard InChI is InChI=1S/C11H15BrFNS/c1-11(2,14)7-15-6-8-5-9(12)3-4-10(8)13/h3-5H,6-7,14H2,1-2H3. The van der Waals surface area contributed by atoms with Crippen molar-refractivity contribution in [3.63, 3.8) is 0 Å². The van der Waals surface area contributed by atoms with Gasteiger partial charge in [0.25, 0.3) is 0 Å². The van der Waals surface area contributed by atoms with Crippen molar-refractivity contribution in [2.24, 2.45) is 5.73 Å². The van der Waals surface area contributed by atoms with Crippen molar-refractivity contribution in [2.75, 3.05) is 5.75 Å². The summed E-state index contributed by atoms with van der Waals surface area (Å²) in [6, 6.07) is 5.00. The maximum atomic E-state index is 13.3. The fraction of sp³-hybridized carbons (Fsp3) is 0.455. The highest BCUT2D eigenvalue weighted by Crippen LogP contribution is 2.21. The van der Waals surface area contributed by atoms with Crippen molar-refractivity contribution in [1.29, 1.82) is 0 Å². The molecule has 1 aromatic carbocycles. The molecule has 0 aliphatic heterocycles. The summed E-state index contributed by atoms with van der Waals surface area (Å²) in [5.74, 6) is 1.32. The molecule has 4 heteroatoms. The second-order valence-electron chi connectivity index (χ2n) is 4.22. The third kappa shape index (κ3) is 5.00. The fourth-order valence-electron chi connectivity index (χ4n) is 1.08. The lowest BCUT2D eigenvalue weighted by atomic mass is 10.1. The van der Waals surface area contributed by atoms with E-state index in [1.54, 1.807) is 17.8 Å². The van der Waals surface area contributed by atoms with Gasteiger partial charge >= 0.3 is 0 Å². The molecule has 1 aromatic rings. The first kappa shape index (κ1) is 13.0. The highest BCUT2D eigenvalue weighted by Gasteiger charge is 2.11. The van der Waals surface area contributed by atoms with Crippen molar-refractivity contribution in [1.82, 2.24) is 0 Å². The predicted octanol–water partition coefficient (Wildman–Crippen LogP) is 3.56. The van der Waals surface area contributed by atoms with Crippen LogP contribution < -0.4 is 5.73 Å². The average Bonchev–Trinajstić information content (AvgIpc) is 2.09. The minimum absolute atomic E-state index is 0.152. The largest absolute Gasteiger partial charge is 0.325 e. The summed E-state index contributed by atoms with van der Waals surface area (Å²) in [4.78, 5) is 0. The molecule has 0 spiro atoms. The van der Waals surface area contributed by atoms with Crippen molar-refractivity contribution in [3.8, 4) is 0 Å². The van der Waals surface area contributed by atoms with Crippen LogP contribution in [0.5, 0.6) is 0 Å². The quantitative estimate of drug-likeness (QED) is 0.918. The Kier molecular flexibility index (Phi) is 4.62. The van der Waals surface area contributed by atoms with Crippen LogP contribution in [-0.2, 0) is 5.75 Å². The molecule has 0 bridgehead atoms. The Morgan fingerprint density at radius 2 is 2.13 bits per heavy atom. The zero-order valence-corrected chi connectivity index (χ0v) is 11.3. The first-order valence-electron chi connectivity index (χ1n) is 4.69. The Labute approximate surface area is 103 Å². The van der Waals surface area contributed by atoms with Gasteiger partial charge in [-0.3, -0.25) is 0 Å². The SMILES string of the molecule is CC(C)(N)CSCc1cc(Br)ccc1F. The smallest absolute Gasteiger partial charge is 0.127 e. The predicted molar refractivity (Wildman–Crippen MR) is 68.5 cm³/mol. The van der Waals surface area contributed by atoms with Crippen LogP contribution in [0.3, 0.4) is 0 Å². The maximum absolute atomic E-state index is 13.3. The lowest BCUT2D eigenvalue weighted by Crippen LogP contribution is -2.34. The van der Waals surface area contributed by atoms with E-state index in [2.05, 4.69) is 15.9 Å². The summed E-state index contributed by atoms with van der Waals surface area (Å²) < 4.78 is 14.2. The number of thioether (sulfide) groups is 1. The number of rotatable bonds is 4. The number of benzene rings is 1. The second kappa shape index (κ2) is 5.32. The Balaban J connectivity index is 2.54. The van der Waals surface area contributed by atoms with E-state index in [9.17, 15) is 4.39 Å². The molecule has 0 amide bonds. The van der Waals surface area contributed by atoms with Crippen LogP contribution in [-0.4, -0.2) is 11.3 Å². The van der Waals surface area contributed by atoms with Crippen molar-refractivity contribution in [2.45, 2.75) is 25.1 Å². The van der Waals surface area contributed by atoms with Gasteiger partial charge in [-0.15, -0.1) is 0 Å². The zero-order valence-electron chi connectivity index (χ0n) is 8.89. The number of hydrogen-bond acceptors (Lipinski definition) is 2. The third-order valence-corrected chi connectivity index (χ3v) is 3.70. The first-order chi connectivity index (χ1) is 6.88. The van der Waals surface area contributed by atoms with Crippen LogP contribution >= 0.6 is 27.7 Å². The average molecular weight is 292 g/mol. The monoisotopic (exact) mass is 291 g/mol. The normalized spacial score (nSPS) is 11.8. The van der Waals surface area contributed by atoms with Gasteiger partial charge in [0.15, 0.2) is 0 Å². The summed E-state index contributed by atoms with van der Waals surface area (Å²) in [5.41, 5.74) is 6.36. The molecule has 0 atom stereocenters. The zero-order chi connectivity index (χ0) is 11.5. The molecule has 0 aliphatic rings. The molecule has 0 aromatic heterocycles. The molecule has 0 unspecified atom stereocenters. The maximum Gasteiger partial charge on any atom is 0.127 e. The molecule has 15 heavy (non-hydrogen) atoms. The van der Waals surface area contributed by atoms with Gasteiger partial charge in [0, 0.05) is 21.5 Å². The van der Waals surface area contributed by atoms with Crippen LogP contribution in [0.1, 0.15) is 19.4 Å². The minimum atomic E-state index is -0.201. The molecule has 1 rings (SSSR count). The van der Waals surface area contributed by atoms with Crippen LogP contribution in [0.4, 0.5) is 4.39 Å². The summed E-state index contributed by atoms with van der Waals surface area (Å²) in [6.07, 6.45) is 0. The minimum Gasteiger partial charge on any atom is -0.325 e. The Bertz CT molecular complexity index is 336. The van der Waals surface area contributed by atoms with E-state index >= 15 is 0 Å². The first-order valence-corrected chi connectivity index (χ1v) is 6.64. The third-order valence-electron chi connectivity index (χ3n) is 1.74. The molecule has 0 radical (unpaired) electrons. The molecule has 0 aliphatic carbocycles. The molecule has 0 saturated carbocycles. The molecule has 84 valence electrons. The number of hydrogen-bond donors (Lipinski definition) is 1. The van der Waals surface area contributed by atoms with Gasteiger partial charge in [-0.05, 0) is 37.6 Å². The molecule has 1 nitrogen and oxygen atoms in total. The van der Waals surface area contributed by atoms with Crippen LogP contribution in [0.25, 0.3) is 0 Å². The van der Waals surface area contributed by atoms with E-state index in [1.807, 2.05) is 19.9 Å². The number of nitrogens with two attached hydrogens (primary N) is 1. The van der Waals surface area contributed by atoms with E-state index in [-0.39, 0.29) is 11.4 Å². The second-order valence-corrected chi connectivity index (χ2v) is 6.12. The molecular formula is C11H15BrFNS. The van der Waals surface area contributed by atoms with Crippen LogP contribution in [0, 0.1) is 5.82 Å². The Morgan fingerprint density at radius 1 is 1.47 bits per heavy atom. The molecule has 0 saturated heterocycles. The van der Waals surface area contributed by atoms with Gasteiger partial charge in [-0.2, -0.15) is 11.8 Å². The van der Waals surface area contributed by atoms with Gasteiger partial charge in [-0.25, -0.2) is 4.39 Å². The van der Waals surface area contributed by atoms with Crippen molar-refractivity contribution < 1.29 is 4.39 Å².